The molecule has 1 aliphatic heterocycles. The van der Waals surface area contributed by atoms with Gasteiger partial charge in [-0.1, -0.05) is 6.07 Å². The van der Waals surface area contributed by atoms with Crippen molar-refractivity contribution in [2.45, 2.75) is 6.92 Å². The number of aromatic nitrogens is 4. The van der Waals surface area contributed by atoms with Crippen LogP contribution in [0.3, 0.4) is 0 Å². The lowest BCUT2D eigenvalue weighted by molar-refractivity contribution is 0.0746. The van der Waals surface area contributed by atoms with Crippen LogP contribution in [0.15, 0.2) is 30.9 Å². The third kappa shape index (κ3) is 2.83. The number of fused-ring (bicyclic) bond motifs is 1. The van der Waals surface area contributed by atoms with E-state index in [1.807, 2.05) is 30.0 Å². The minimum atomic E-state index is 0.0253. The van der Waals surface area contributed by atoms with E-state index >= 15 is 0 Å². The maximum absolute atomic E-state index is 12.8. The normalized spacial score (nSPS) is 14.7. The van der Waals surface area contributed by atoms with Gasteiger partial charge in [0.1, 0.15) is 17.6 Å². The Labute approximate surface area is 150 Å². The van der Waals surface area contributed by atoms with Crippen LogP contribution < -0.4 is 9.64 Å². The first-order chi connectivity index (χ1) is 12.7. The molecular formula is C18H20N6O2. The SMILES string of the molecule is COc1cc(C(=O)N2CCN(c3ncnc4nc[nH]c34)CC2)ccc1C. The third-order valence-electron chi connectivity index (χ3n) is 4.72. The fraction of sp³-hybridized carbons (Fsp3) is 0.333. The Balaban J connectivity index is 1.48. The van der Waals surface area contributed by atoms with Crippen LogP contribution in [0.5, 0.6) is 5.75 Å². The lowest BCUT2D eigenvalue weighted by atomic mass is 10.1. The summed E-state index contributed by atoms with van der Waals surface area (Å²) in [6.45, 7) is 4.65. The van der Waals surface area contributed by atoms with Gasteiger partial charge in [-0.2, -0.15) is 0 Å². The monoisotopic (exact) mass is 352 g/mol. The first-order valence-corrected chi connectivity index (χ1v) is 8.50. The molecule has 1 amide bonds. The number of anilines is 1. The number of rotatable bonds is 3. The topological polar surface area (TPSA) is 87.2 Å². The van der Waals surface area contributed by atoms with Crippen LogP contribution in [0, 0.1) is 6.92 Å². The van der Waals surface area contributed by atoms with Crippen LogP contribution in [0.2, 0.25) is 0 Å². The predicted molar refractivity (Wildman–Crippen MR) is 97.5 cm³/mol. The molecule has 1 saturated heterocycles. The molecule has 3 heterocycles. The number of ether oxygens (including phenoxy) is 1. The molecule has 3 aromatic rings. The van der Waals surface area contributed by atoms with Gasteiger partial charge < -0.3 is 19.5 Å². The number of nitrogens with one attached hydrogen (secondary N) is 1. The number of carbonyl (C=O) groups is 1. The number of methoxy groups -OCH3 is 1. The van der Waals surface area contributed by atoms with Crippen LogP contribution in [-0.4, -0.2) is 64.0 Å². The van der Waals surface area contributed by atoms with Gasteiger partial charge in [-0.15, -0.1) is 0 Å². The highest BCUT2D eigenvalue weighted by Gasteiger charge is 2.24. The summed E-state index contributed by atoms with van der Waals surface area (Å²) in [7, 11) is 1.62. The summed E-state index contributed by atoms with van der Waals surface area (Å²) in [6, 6.07) is 5.58. The van der Waals surface area contributed by atoms with E-state index in [1.165, 1.54) is 6.33 Å². The summed E-state index contributed by atoms with van der Waals surface area (Å²) >= 11 is 0. The molecule has 1 aliphatic rings. The van der Waals surface area contributed by atoms with Crippen molar-refractivity contribution in [3.8, 4) is 5.75 Å². The molecule has 1 fully saturated rings. The summed E-state index contributed by atoms with van der Waals surface area (Å²) in [5.41, 5.74) is 3.15. The number of imidazole rings is 1. The molecule has 0 saturated carbocycles. The number of amides is 1. The zero-order chi connectivity index (χ0) is 18.1. The third-order valence-corrected chi connectivity index (χ3v) is 4.72. The maximum atomic E-state index is 12.8. The number of H-pyrrole nitrogens is 1. The molecule has 0 aliphatic carbocycles. The van der Waals surface area contributed by atoms with Crippen LogP contribution in [0.1, 0.15) is 15.9 Å². The molecule has 0 atom stereocenters. The molecule has 4 rings (SSSR count). The Bertz CT molecular complexity index is 946. The lowest BCUT2D eigenvalue weighted by Crippen LogP contribution is -2.49. The first kappa shape index (κ1) is 16.3. The number of benzene rings is 1. The number of nitrogens with zero attached hydrogens (tertiary/aromatic N) is 5. The molecule has 0 spiro atoms. The largest absolute Gasteiger partial charge is 0.496 e. The van der Waals surface area contributed by atoms with Gasteiger partial charge in [0.2, 0.25) is 0 Å². The van der Waals surface area contributed by atoms with Crippen LogP contribution in [0.25, 0.3) is 11.2 Å². The van der Waals surface area contributed by atoms with Crippen LogP contribution in [-0.2, 0) is 0 Å². The molecule has 2 aromatic heterocycles. The van der Waals surface area contributed by atoms with E-state index in [0.29, 0.717) is 37.4 Å². The number of carbonyl (C=O) groups excluding carboxylic acids is 1. The zero-order valence-electron chi connectivity index (χ0n) is 14.8. The van der Waals surface area contributed by atoms with Crippen molar-refractivity contribution >= 4 is 22.9 Å². The Morgan fingerprint density at radius 2 is 1.96 bits per heavy atom. The van der Waals surface area contributed by atoms with E-state index in [9.17, 15) is 4.79 Å². The Hall–Kier alpha value is -3.16. The standard InChI is InChI=1S/C18H20N6O2/c1-12-3-4-13(9-14(12)26-2)18(25)24-7-5-23(6-8-24)17-15-16(20-10-19-15)21-11-22-17/h3-4,9-11H,5-8H2,1-2H3,(H,19,20,21,22). The molecule has 0 bridgehead atoms. The van der Waals surface area contributed by atoms with Crippen molar-refractivity contribution < 1.29 is 9.53 Å². The van der Waals surface area contributed by atoms with Gasteiger partial charge in [-0.05, 0) is 24.6 Å². The average Bonchev–Trinajstić information content (AvgIpc) is 3.17. The summed E-state index contributed by atoms with van der Waals surface area (Å²) in [4.78, 5) is 32.6. The molecule has 26 heavy (non-hydrogen) atoms. The van der Waals surface area contributed by atoms with Crippen LogP contribution in [0.4, 0.5) is 5.82 Å². The van der Waals surface area contributed by atoms with Gasteiger partial charge >= 0.3 is 0 Å². The molecule has 0 radical (unpaired) electrons. The minimum Gasteiger partial charge on any atom is -0.496 e. The van der Waals surface area contributed by atoms with Gasteiger partial charge in [0, 0.05) is 31.7 Å². The second-order valence-electron chi connectivity index (χ2n) is 6.26. The maximum Gasteiger partial charge on any atom is 0.254 e. The van der Waals surface area contributed by atoms with E-state index in [-0.39, 0.29) is 5.91 Å². The van der Waals surface area contributed by atoms with Gasteiger partial charge in [0.15, 0.2) is 11.5 Å². The van der Waals surface area contributed by atoms with Gasteiger partial charge in [0.25, 0.3) is 5.91 Å². The smallest absolute Gasteiger partial charge is 0.254 e. The van der Waals surface area contributed by atoms with E-state index in [0.717, 1.165) is 22.6 Å². The fourth-order valence-corrected chi connectivity index (χ4v) is 3.25. The summed E-state index contributed by atoms with van der Waals surface area (Å²) < 4.78 is 5.33. The van der Waals surface area contributed by atoms with Crippen molar-refractivity contribution in [1.82, 2.24) is 24.8 Å². The van der Waals surface area contributed by atoms with E-state index in [4.69, 9.17) is 4.74 Å². The Kier molecular flexibility index (Phi) is 4.16. The minimum absolute atomic E-state index is 0.0253. The Morgan fingerprint density at radius 3 is 2.73 bits per heavy atom. The number of piperazine rings is 1. The molecule has 1 N–H and O–H groups in total. The van der Waals surface area contributed by atoms with Crippen molar-refractivity contribution in [2.75, 3.05) is 38.2 Å². The molecule has 8 nitrogen and oxygen atoms in total. The predicted octanol–water partition coefficient (Wildman–Crippen LogP) is 1.63. The molecular weight excluding hydrogens is 332 g/mol. The quantitative estimate of drug-likeness (QED) is 0.771. The first-order valence-electron chi connectivity index (χ1n) is 8.50. The second-order valence-corrected chi connectivity index (χ2v) is 6.26. The lowest BCUT2D eigenvalue weighted by Gasteiger charge is -2.35. The molecule has 134 valence electrons. The van der Waals surface area contributed by atoms with Gasteiger partial charge in [-0.3, -0.25) is 4.79 Å². The van der Waals surface area contributed by atoms with Crippen LogP contribution >= 0.6 is 0 Å². The fourth-order valence-electron chi connectivity index (χ4n) is 3.25. The van der Waals surface area contributed by atoms with Gasteiger partial charge in [0.05, 0.1) is 13.4 Å². The van der Waals surface area contributed by atoms with E-state index in [1.54, 1.807) is 13.4 Å². The highest BCUT2D eigenvalue weighted by atomic mass is 16.5. The highest BCUT2D eigenvalue weighted by Crippen LogP contribution is 2.23. The number of aryl methyl sites for hydroxylation is 1. The highest BCUT2D eigenvalue weighted by molar-refractivity contribution is 5.95. The number of aromatic amines is 1. The molecule has 8 heteroatoms. The van der Waals surface area contributed by atoms with Crippen molar-refractivity contribution in [2.24, 2.45) is 0 Å². The van der Waals surface area contributed by atoms with Crippen molar-refractivity contribution in [3.63, 3.8) is 0 Å². The number of hydrogen-bond acceptors (Lipinski definition) is 6. The summed E-state index contributed by atoms with van der Waals surface area (Å²) in [5, 5.41) is 0. The Morgan fingerprint density at radius 1 is 1.15 bits per heavy atom. The number of hydrogen-bond donors (Lipinski definition) is 1. The summed E-state index contributed by atoms with van der Waals surface area (Å²) in [6.07, 6.45) is 3.14. The second kappa shape index (κ2) is 6.62. The van der Waals surface area contributed by atoms with Crippen molar-refractivity contribution in [3.05, 3.63) is 42.0 Å². The average molecular weight is 352 g/mol. The zero-order valence-corrected chi connectivity index (χ0v) is 14.8. The van der Waals surface area contributed by atoms with E-state index in [2.05, 4.69) is 24.8 Å². The molecule has 1 aromatic carbocycles. The van der Waals surface area contributed by atoms with Gasteiger partial charge in [-0.25, -0.2) is 15.0 Å². The van der Waals surface area contributed by atoms with E-state index < -0.39 is 0 Å². The molecule has 0 unspecified atom stereocenters. The van der Waals surface area contributed by atoms with Crippen molar-refractivity contribution in [1.29, 1.82) is 0 Å². The summed E-state index contributed by atoms with van der Waals surface area (Å²) in [5.74, 6) is 1.59.